The molecular weight excluding hydrogens is 604 g/mol. The maximum Gasteiger partial charge on any atom is 0.339 e. The molecule has 1 amide bonds. The summed E-state index contributed by atoms with van der Waals surface area (Å²) in [6.07, 6.45) is 2.13. The summed E-state index contributed by atoms with van der Waals surface area (Å²) < 4.78 is 42.8. The summed E-state index contributed by atoms with van der Waals surface area (Å²) in [6, 6.07) is 15.8. The van der Waals surface area contributed by atoms with Crippen LogP contribution >= 0.6 is 31.9 Å². The van der Waals surface area contributed by atoms with E-state index in [0.717, 1.165) is 6.42 Å². The van der Waals surface area contributed by atoms with Gasteiger partial charge in [0.05, 0.1) is 24.4 Å². The third kappa shape index (κ3) is 7.06. The average molecular weight is 626 g/mol. The van der Waals surface area contributed by atoms with Crippen LogP contribution in [0.5, 0.6) is 17.2 Å². The zero-order valence-electron chi connectivity index (χ0n) is 18.8. The van der Waals surface area contributed by atoms with E-state index >= 15 is 0 Å². The van der Waals surface area contributed by atoms with Crippen LogP contribution < -0.4 is 19.1 Å². The van der Waals surface area contributed by atoms with Gasteiger partial charge in [0, 0.05) is 15.6 Å². The molecule has 0 aliphatic rings. The lowest BCUT2D eigenvalue weighted by Gasteiger charge is -2.12. The van der Waals surface area contributed by atoms with Gasteiger partial charge in [-0.3, -0.25) is 4.79 Å². The second-order valence-corrected chi connectivity index (χ2v) is 10.4. The largest absolute Gasteiger partial charge is 0.493 e. The standard InChI is InChI=1S/C24H22Br2N2O6S/c1-3-11-33-21-10-9-16(13-22(21)32-2)24(29)28-27-15-17-12-18(25)14-20(26)23(17)34-35(30,31)19-7-5-4-6-8-19/h4-10,12-15H,3,11H2,1-2H3,(H,28,29)/b27-15+. The summed E-state index contributed by atoms with van der Waals surface area (Å²) in [4.78, 5) is 12.6. The normalized spacial score (nSPS) is 11.3. The Bertz CT molecular complexity index is 1330. The molecule has 0 spiro atoms. The average Bonchev–Trinajstić information content (AvgIpc) is 2.85. The highest BCUT2D eigenvalue weighted by molar-refractivity contribution is 9.11. The number of carbonyl (C=O) groups excluding carboxylic acids is 1. The second-order valence-electron chi connectivity index (χ2n) is 7.07. The van der Waals surface area contributed by atoms with Gasteiger partial charge in [0.15, 0.2) is 17.2 Å². The Labute approximate surface area is 220 Å². The number of ether oxygens (including phenoxy) is 2. The molecule has 0 atom stereocenters. The van der Waals surface area contributed by atoms with Gasteiger partial charge in [0.2, 0.25) is 0 Å². The highest BCUT2D eigenvalue weighted by Gasteiger charge is 2.20. The Morgan fingerprint density at radius 2 is 1.80 bits per heavy atom. The highest BCUT2D eigenvalue weighted by atomic mass is 79.9. The van der Waals surface area contributed by atoms with Crippen molar-refractivity contribution in [3.63, 3.8) is 0 Å². The first-order valence-corrected chi connectivity index (χ1v) is 13.4. The lowest BCUT2D eigenvalue weighted by atomic mass is 10.2. The number of rotatable bonds is 10. The molecular formula is C24H22Br2N2O6S. The number of carbonyl (C=O) groups is 1. The predicted molar refractivity (Wildman–Crippen MR) is 140 cm³/mol. The highest BCUT2D eigenvalue weighted by Crippen LogP contribution is 2.34. The minimum absolute atomic E-state index is 0.00585. The molecule has 0 radical (unpaired) electrons. The number of hydrogen-bond donors (Lipinski definition) is 1. The van der Waals surface area contributed by atoms with Gasteiger partial charge in [-0.15, -0.1) is 0 Å². The SMILES string of the molecule is CCCOc1ccc(C(=O)N/N=C/c2cc(Br)cc(Br)c2OS(=O)(=O)c2ccccc2)cc1OC. The zero-order chi connectivity index (χ0) is 25.4. The van der Waals surface area contributed by atoms with Crippen LogP contribution in [-0.4, -0.2) is 34.3 Å². The van der Waals surface area contributed by atoms with E-state index in [9.17, 15) is 13.2 Å². The summed E-state index contributed by atoms with van der Waals surface area (Å²) in [5.41, 5.74) is 3.04. The number of nitrogens with one attached hydrogen (secondary N) is 1. The van der Waals surface area contributed by atoms with Gasteiger partial charge >= 0.3 is 10.1 Å². The Hall–Kier alpha value is -2.89. The van der Waals surface area contributed by atoms with E-state index in [1.807, 2.05) is 6.92 Å². The van der Waals surface area contributed by atoms with Crippen LogP contribution in [0.4, 0.5) is 0 Å². The number of amides is 1. The van der Waals surface area contributed by atoms with Gasteiger partial charge in [0.1, 0.15) is 4.90 Å². The van der Waals surface area contributed by atoms with Crippen molar-refractivity contribution in [2.24, 2.45) is 5.10 Å². The number of nitrogens with zero attached hydrogens (tertiary/aromatic N) is 1. The molecule has 0 unspecified atom stereocenters. The molecule has 35 heavy (non-hydrogen) atoms. The van der Waals surface area contributed by atoms with E-state index in [4.69, 9.17) is 13.7 Å². The molecule has 0 saturated carbocycles. The Kier molecular flexibility index (Phi) is 9.30. The van der Waals surface area contributed by atoms with Crippen LogP contribution in [0, 0.1) is 0 Å². The summed E-state index contributed by atoms with van der Waals surface area (Å²) in [5.74, 6) is 0.492. The fourth-order valence-corrected chi connectivity index (χ4v) is 5.31. The summed E-state index contributed by atoms with van der Waals surface area (Å²) in [5, 5.41) is 3.98. The van der Waals surface area contributed by atoms with E-state index in [1.54, 1.807) is 48.5 Å². The van der Waals surface area contributed by atoms with Crippen molar-refractivity contribution in [2.45, 2.75) is 18.2 Å². The van der Waals surface area contributed by atoms with Crippen LogP contribution in [0.3, 0.4) is 0 Å². The van der Waals surface area contributed by atoms with Crippen LogP contribution in [0.15, 0.2) is 79.6 Å². The van der Waals surface area contributed by atoms with Crippen molar-refractivity contribution in [2.75, 3.05) is 13.7 Å². The van der Waals surface area contributed by atoms with Crippen molar-refractivity contribution >= 4 is 54.1 Å². The number of hydrazone groups is 1. The van der Waals surface area contributed by atoms with Gasteiger partial charge in [-0.05, 0) is 64.8 Å². The van der Waals surface area contributed by atoms with E-state index < -0.39 is 16.0 Å². The maximum absolute atomic E-state index is 12.7. The molecule has 184 valence electrons. The molecule has 3 aromatic carbocycles. The van der Waals surface area contributed by atoms with Crippen molar-refractivity contribution < 1.29 is 26.9 Å². The fourth-order valence-electron chi connectivity index (χ4n) is 2.87. The topological polar surface area (TPSA) is 103 Å². The van der Waals surface area contributed by atoms with Gasteiger partial charge in [-0.1, -0.05) is 41.1 Å². The fraction of sp³-hybridized carbons (Fsp3) is 0.167. The molecule has 3 rings (SSSR count). The molecule has 11 heteroatoms. The van der Waals surface area contributed by atoms with Crippen molar-refractivity contribution in [1.29, 1.82) is 0 Å². The Morgan fingerprint density at radius 1 is 1.06 bits per heavy atom. The maximum atomic E-state index is 12.7. The van der Waals surface area contributed by atoms with E-state index in [-0.39, 0.29) is 10.6 Å². The summed E-state index contributed by atoms with van der Waals surface area (Å²) in [7, 11) is -2.60. The van der Waals surface area contributed by atoms with Gasteiger partial charge in [0.25, 0.3) is 5.91 Å². The first-order valence-electron chi connectivity index (χ1n) is 10.4. The van der Waals surface area contributed by atoms with Crippen molar-refractivity contribution in [1.82, 2.24) is 5.43 Å². The molecule has 0 aliphatic heterocycles. The minimum Gasteiger partial charge on any atom is -0.493 e. The Balaban J connectivity index is 1.81. The van der Waals surface area contributed by atoms with Crippen LogP contribution in [0.25, 0.3) is 0 Å². The minimum atomic E-state index is -4.09. The molecule has 1 N–H and O–H groups in total. The van der Waals surface area contributed by atoms with Gasteiger partial charge in [-0.2, -0.15) is 13.5 Å². The molecule has 0 fully saturated rings. The number of methoxy groups -OCH3 is 1. The molecule has 0 saturated heterocycles. The molecule has 8 nitrogen and oxygen atoms in total. The van der Waals surface area contributed by atoms with Gasteiger partial charge in [-0.25, -0.2) is 5.43 Å². The lowest BCUT2D eigenvalue weighted by molar-refractivity contribution is 0.0954. The number of hydrogen-bond acceptors (Lipinski definition) is 7. The molecule has 3 aromatic rings. The molecule has 0 aliphatic carbocycles. The van der Waals surface area contributed by atoms with Crippen LogP contribution in [0.2, 0.25) is 0 Å². The van der Waals surface area contributed by atoms with Crippen molar-refractivity contribution in [3.05, 3.63) is 80.7 Å². The van der Waals surface area contributed by atoms with E-state index in [2.05, 4.69) is 42.4 Å². The van der Waals surface area contributed by atoms with Crippen LogP contribution in [-0.2, 0) is 10.1 Å². The van der Waals surface area contributed by atoms with Crippen molar-refractivity contribution in [3.8, 4) is 17.2 Å². The predicted octanol–water partition coefficient (Wildman–Crippen LogP) is 5.54. The van der Waals surface area contributed by atoms with E-state index in [0.29, 0.717) is 38.2 Å². The molecule has 0 heterocycles. The third-order valence-corrected chi connectivity index (χ3v) is 6.80. The molecule has 0 bridgehead atoms. The number of halogens is 2. The Morgan fingerprint density at radius 3 is 2.49 bits per heavy atom. The van der Waals surface area contributed by atoms with E-state index in [1.165, 1.54) is 25.5 Å². The van der Waals surface area contributed by atoms with Gasteiger partial charge < -0.3 is 13.7 Å². The quantitative estimate of drug-likeness (QED) is 0.180. The third-order valence-electron chi connectivity index (χ3n) is 4.52. The lowest BCUT2D eigenvalue weighted by Crippen LogP contribution is -2.18. The smallest absolute Gasteiger partial charge is 0.339 e. The summed E-state index contributed by atoms with van der Waals surface area (Å²) >= 11 is 6.69. The monoisotopic (exact) mass is 624 g/mol. The first-order chi connectivity index (χ1) is 16.7. The zero-order valence-corrected chi connectivity index (χ0v) is 22.8. The number of benzene rings is 3. The molecule has 0 aromatic heterocycles. The summed E-state index contributed by atoms with van der Waals surface area (Å²) in [6.45, 7) is 2.52. The first kappa shape index (κ1) is 26.7. The second kappa shape index (κ2) is 12.2. The van der Waals surface area contributed by atoms with Crippen LogP contribution in [0.1, 0.15) is 29.3 Å².